The van der Waals surface area contributed by atoms with Gasteiger partial charge in [-0.25, -0.2) is 9.37 Å². The first-order chi connectivity index (χ1) is 8.00. The highest BCUT2D eigenvalue weighted by Crippen LogP contribution is 2.28. The molecule has 0 spiro atoms. The van der Waals surface area contributed by atoms with E-state index >= 15 is 0 Å². The number of hydrogen-bond donors (Lipinski definition) is 1. The Morgan fingerprint density at radius 3 is 2.71 bits per heavy atom. The lowest BCUT2D eigenvalue weighted by Crippen LogP contribution is -2.17. The standard InChI is InChI=1S/C12H12FNO3/c1-6(2)9(12(15)16)11-14-8-5-3-4-7(13)10(8)17-11/h3-6,9H,1-2H3,(H,15,16). The molecule has 2 aromatic rings. The van der Waals surface area contributed by atoms with Gasteiger partial charge < -0.3 is 9.52 Å². The fourth-order valence-electron chi connectivity index (χ4n) is 1.74. The van der Waals surface area contributed by atoms with Gasteiger partial charge in [-0.15, -0.1) is 0 Å². The Morgan fingerprint density at radius 1 is 1.47 bits per heavy atom. The number of para-hydroxylation sites is 1. The van der Waals surface area contributed by atoms with Crippen molar-refractivity contribution in [1.29, 1.82) is 0 Å². The Balaban J connectivity index is 2.55. The highest BCUT2D eigenvalue weighted by Gasteiger charge is 2.29. The molecule has 4 nitrogen and oxygen atoms in total. The minimum Gasteiger partial charge on any atom is -0.481 e. The first kappa shape index (κ1) is 11.6. The molecule has 1 aromatic carbocycles. The van der Waals surface area contributed by atoms with Crippen molar-refractivity contribution in [2.45, 2.75) is 19.8 Å². The van der Waals surface area contributed by atoms with Gasteiger partial charge in [-0.3, -0.25) is 4.79 Å². The number of rotatable bonds is 3. The topological polar surface area (TPSA) is 63.3 Å². The summed E-state index contributed by atoms with van der Waals surface area (Å²) in [5, 5.41) is 9.10. The van der Waals surface area contributed by atoms with E-state index in [1.54, 1.807) is 19.9 Å². The quantitative estimate of drug-likeness (QED) is 0.891. The molecule has 1 atom stereocenters. The first-order valence-corrected chi connectivity index (χ1v) is 5.28. The Morgan fingerprint density at radius 2 is 2.18 bits per heavy atom. The molecule has 0 bridgehead atoms. The monoisotopic (exact) mass is 237 g/mol. The van der Waals surface area contributed by atoms with Gasteiger partial charge in [-0.1, -0.05) is 19.9 Å². The van der Waals surface area contributed by atoms with Gasteiger partial charge in [0.25, 0.3) is 0 Å². The molecule has 0 amide bonds. The summed E-state index contributed by atoms with van der Waals surface area (Å²) in [6.45, 7) is 3.51. The van der Waals surface area contributed by atoms with Gasteiger partial charge in [0.15, 0.2) is 11.4 Å². The Bertz CT molecular complexity index is 562. The summed E-state index contributed by atoms with van der Waals surface area (Å²) in [6.07, 6.45) is 0. The molecule has 1 N–H and O–H groups in total. The van der Waals surface area contributed by atoms with Gasteiger partial charge in [0.2, 0.25) is 5.89 Å². The maximum absolute atomic E-state index is 13.4. The Labute approximate surface area is 97.1 Å². The normalized spacial score (nSPS) is 13.2. The lowest BCUT2D eigenvalue weighted by Gasteiger charge is -2.11. The number of hydrogen-bond acceptors (Lipinski definition) is 3. The summed E-state index contributed by atoms with van der Waals surface area (Å²) in [5.41, 5.74) is 0.348. The maximum atomic E-state index is 13.4. The van der Waals surface area contributed by atoms with E-state index < -0.39 is 17.7 Å². The molecule has 90 valence electrons. The van der Waals surface area contributed by atoms with E-state index in [0.717, 1.165) is 0 Å². The zero-order chi connectivity index (χ0) is 12.6. The van der Waals surface area contributed by atoms with Gasteiger partial charge in [0, 0.05) is 0 Å². The number of benzene rings is 1. The second-order valence-corrected chi connectivity index (χ2v) is 4.20. The van der Waals surface area contributed by atoms with Crippen LogP contribution in [0.5, 0.6) is 0 Å². The number of carbonyl (C=O) groups is 1. The number of nitrogens with zero attached hydrogens (tertiary/aromatic N) is 1. The molecule has 1 unspecified atom stereocenters. The minimum atomic E-state index is -1.02. The van der Waals surface area contributed by atoms with Crippen molar-refractivity contribution in [2.75, 3.05) is 0 Å². The van der Waals surface area contributed by atoms with Crippen LogP contribution < -0.4 is 0 Å². The largest absolute Gasteiger partial charge is 0.481 e. The third-order valence-electron chi connectivity index (χ3n) is 2.58. The molecule has 0 radical (unpaired) electrons. The SMILES string of the molecule is CC(C)C(C(=O)O)c1nc2cccc(F)c2o1. The van der Waals surface area contributed by atoms with Crippen LogP contribution in [0.15, 0.2) is 22.6 Å². The van der Waals surface area contributed by atoms with E-state index in [0.29, 0.717) is 5.52 Å². The molecule has 0 aliphatic rings. The first-order valence-electron chi connectivity index (χ1n) is 5.28. The van der Waals surface area contributed by atoms with E-state index in [1.165, 1.54) is 12.1 Å². The number of carboxylic acid groups (broad SMARTS) is 1. The van der Waals surface area contributed by atoms with E-state index in [2.05, 4.69) is 4.98 Å². The predicted octanol–water partition coefficient (Wildman–Crippen LogP) is 2.79. The molecular weight excluding hydrogens is 225 g/mol. The van der Waals surface area contributed by atoms with E-state index in [-0.39, 0.29) is 17.4 Å². The number of fused-ring (bicyclic) bond motifs is 1. The minimum absolute atomic E-state index is 0.00870. The fourth-order valence-corrected chi connectivity index (χ4v) is 1.74. The van der Waals surface area contributed by atoms with Crippen molar-refractivity contribution in [3.05, 3.63) is 29.9 Å². The van der Waals surface area contributed by atoms with E-state index in [1.807, 2.05) is 0 Å². The highest BCUT2D eigenvalue weighted by atomic mass is 19.1. The zero-order valence-corrected chi connectivity index (χ0v) is 9.48. The van der Waals surface area contributed by atoms with Crippen molar-refractivity contribution >= 4 is 17.1 Å². The molecule has 2 rings (SSSR count). The average Bonchev–Trinajstić information content (AvgIpc) is 2.61. The third-order valence-corrected chi connectivity index (χ3v) is 2.58. The summed E-state index contributed by atoms with van der Waals surface area (Å²) in [7, 11) is 0. The van der Waals surface area contributed by atoms with Crippen LogP contribution in [0.25, 0.3) is 11.1 Å². The molecule has 0 saturated heterocycles. The summed E-state index contributed by atoms with van der Waals surface area (Å²) in [4.78, 5) is 15.1. The van der Waals surface area contributed by atoms with E-state index in [9.17, 15) is 9.18 Å². The molecule has 0 aliphatic carbocycles. The van der Waals surface area contributed by atoms with Crippen molar-refractivity contribution in [3.8, 4) is 0 Å². The molecule has 0 aliphatic heterocycles. The molecule has 1 heterocycles. The van der Waals surface area contributed by atoms with Crippen LogP contribution in [-0.4, -0.2) is 16.1 Å². The molecular formula is C12H12FNO3. The molecule has 5 heteroatoms. The van der Waals surface area contributed by atoms with Crippen LogP contribution in [0.2, 0.25) is 0 Å². The number of carboxylic acids is 1. The van der Waals surface area contributed by atoms with Crippen LogP contribution in [-0.2, 0) is 4.79 Å². The van der Waals surface area contributed by atoms with Gasteiger partial charge in [0.05, 0.1) is 0 Å². The third kappa shape index (κ3) is 2.00. The second kappa shape index (κ2) is 4.16. The number of aliphatic carboxylic acids is 1. The van der Waals surface area contributed by atoms with Crippen LogP contribution in [0, 0.1) is 11.7 Å². The van der Waals surface area contributed by atoms with Gasteiger partial charge in [0.1, 0.15) is 11.4 Å². The zero-order valence-electron chi connectivity index (χ0n) is 9.48. The summed E-state index contributed by atoms with van der Waals surface area (Å²) in [6, 6.07) is 4.35. The highest BCUT2D eigenvalue weighted by molar-refractivity contribution is 5.78. The number of oxazole rings is 1. The fraction of sp³-hybridized carbons (Fsp3) is 0.333. The van der Waals surface area contributed by atoms with Crippen molar-refractivity contribution in [1.82, 2.24) is 4.98 Å². The molecule has 0 saturated carbocycles. The van der Waals surface area contributed by atoms with Crippen LogP contribution in [0.1, 0.15) is 25.7 Å². The van der Waals surface area contributed by atoms with Crippen molar-refractivity contribution in [2.24, 2.45) is 5.92 Å². The van der Waals surface area contributed by atoms with Crippen LogP contribution >= 0.6 is 0 Å². The number of aromatic nitrogens is 1. The van der Waals surface area contributed by atoms with Crippen LogP contribution in [0.3, 0.4) is 0 Å². The lowest BCUT2D eigenvalue weighted by atomic mass is 9.96. The van der Waals surface area contributed by atoms with Crippen molar-refractivity contribution < 1.29 is 18.7 Å². The smallest absolute Gasteiger partial charge is 0.316 e. The van der Waals surface area contributed by atoms with Gasteiger partial charge in [-0.05, 0) is 18.1 Å². The van der Waals surface area contributed by atoms with E-state index in [4.69, 9.17) is 9.52 Å². The Kier molecular flexibility index (Phi) is 2.83. The molecule has 17 heavy (non-hydrogen) atoms. The summed E-state index contributed by atoms with van der Waals surface area (Å²) >= 11 is 0. The lowest BCUT2D eigenvalue weighted by molar-refractivity contribution is -0.140. The van der Waals surface area contributed by atoms with Crippen LogP contribution in [0.4, 0.5) is 4.39 Å². The van der Waals surface area contributed by atoms with Gasteiger partial charge >= 0.3 is 5.97 Å². The average molecular weight is 237 g/mol. The predicted molar refractivity (Wildman–Crippen MR) is 59.2 cm³/mol. The Hall–Kier alpha value is -1.91. The molecule has 0 fully saturated rings. The summed E-state index contributed by atoms with van der Waals surface area (Å²) < 4.78 is 18.6. The van der Waals surface area contributed by atoms with Gasteiger partial charge in [-0.2, -0.15) is 0 Å². The number of halogens is 1. The second-order valence-electron chi connectivity index (χ2n) is 4.20. The maximum Gasteiger partial charge on any atom is 0.316 e. The van der Waals surface area contributed by atoms with Crippen molar-refractivity contribution in [3.63, 3.8) is 0 Å². The summed E-state index contributed by atoms with van der Waals surface area (Å²) in [5.74, 6) is -2.54. The molecule has 1 aromatic heterocycles.